The van der Waals surface area contributed by atoms with Crippen LogP contribution in [0.3, 0.4) is 0 Å². The fourth-order valence-electron chi connectivity index (χ4n) is 6.46. The van der Waals surface area contributed by atoms with E-state index >= 15 is 0 Å². The van der Waals surface area contributed by atoms with E-state index in [1.807, 2.05) is 59.2 Å². The lowest BCUT2D eigenvalue weighted by Crippen LogP contribution is -2.45. The van der Waals surface area contributed by atoms with Gasteiger partial charge in [0.05, 0.1) is 13.2 Å². The van der Waals surface area contributed by atoms with Crippen LogP contribution in [0.4, 0.5) is 0 Å². The molecule has 3 heterocycles. The van der Waals surface area contributed by atoms with Crippen molar-refractivity contribution in [3.05, 3.63) is 69.6 Å². The molecule has 1 aliphatic carbocycles. The van der Waals surface area contributed by atoms with Gasteiger partial charge in [-0.3, -0.25) is 14.5 Å². The minimum atomic E-state index is -0.464. The number of nitrogens with zero attached hydrogens (tertiary/aromatic N) is 2. The number of ether oxygens (including phenoxy) is 1. The summed E-state index contributed by atoms with van der Waals surface area (Å²) in [5.74, 6) is 0.0239. The number of pyridine rings is 1. The Morgan fingerprint density at radius 1 is 1.09 bits per heavy atom. The molecule has 2 fully saturated rings. The summed E-state index contributed by atoms with van der Waals surface area (Å²) in [6, 6.07) is 13.4. The average molecular weight is 463 g/mol. The van der Waals surface area contributed by atoms with E-state index in [0.29, 0.717) is 18.0 Å². The molecule has 180 valence electrons. The van der Waals surface area contributed by atoms with E-state index in [1.165, 1.54) is 39.2 Å². The number of rotatable bonds is 6. The number of aliphatic hydroxyl groups excluding tert-OH is 1. The number of esters is 1. The summed E-state index contributed by atoms with van der Waals surface area (Å²) in [6.45, 7) is 1.23. The van der Waals surface area contributed by atoms with E-state index in [9.17, 15) is 14.7 Å². The van der Waals surface area contributed by atoms with Crippen molar-refractivity contribution in [2.24, 2.45) is 17.8 Å². The number of methoxy groups -OCH3 is 1. The van der Waals surface area contributed by atoms with Gasteiger partial charge in [0.15, 0.2) is 0 Å². The van der Waals surface area contributed by atoms with Gasteiger partial charge >= 0.3 is 5.97 Å². The lowest BCUT2D eigenvalue weighted by molar-refractivity contribution is -0.148. The molecular formula is C28H34N2O4. The predicted molar refractivity (Wildman–Crippen MR) is 132 cm³/mol. The molecule has 1 saturated carbocycles. The summed E-state index contributed by atoms with van der Waals surface area (Å²) in [7, 11) is 1.42. The van der Waals surface area contributed by atoms with Crippen LogP contribution in [-0.2, 0) is 16.1 Å². The lowest BCUT2D eigenvalue weighted by atomic mass is 9.88. The van der Waals surface area contributed by atoms with Crippen molar-refractivity contribution < 1.29 is 14.6 Å². The van der Waals surface area contributed by atoms with E-state index in [2.05, 4.69) is 4.90 Å². The van der Waals surface area contributed by atoms with Crippen LogP contribution in [0.2, 0.25) is 0 Å². The van der Waals surface area contributed by atoms with Crippen molar-refractivity contribution in [1.29, 1.82) is 0 Å². The van der Waals surface area contributed by atoms with Gasteiger partial charge in [0.25, 0.3) is 5.56 Å². The first-order valence-corrected chi connectivity index (χ1v) is 12.5. The van der Waals surface area contributed by atoms with Crippen LogP contribution >= 0.6 is 0 Å². The molecule has 1 aromatic carbocycles. The second kappa shape index (κ2) is 9.88. The second-order valence-electron chi connectivity index (χ2n) is 10.00. The number of hydrogen-bond acceptors (Lipinski definition) is 5. The summed E-state index contributed by atoms with van der Waals surface area (Å²) in [5, 5.41) is 10.3. The molecule has 0 radical (unpaired) electrons. The maximum Gasteiger partial charge on any atom is 0.323 e. The third-order valence-corrected chi connectivity index (χ3v) is 8.11. The SMILES string of the molecule is COC(=O)[C@H]1[C@H](CO)[C@H]2Cn3c(ccc(/C=C/c4ccccc4)c3=O)[C@H]2N1CC1CCCCC1. The molecule has 4 atom stereocenters. The van der Waals surface area contributed by atoms with Gasteiger partial charge in [0.1, 0.15) is 6.04 Å². The van der Waals surface area contributed by atoms with Gasteiger partial charge in [0.2, 0.25) is 0 Å². The fraction of sp³-hybridized carbons (Fsp3) is 0.500. The van der Waals surface area contributed by atoms with Crippen LogP contribution < -0.4 is 5.56 Å². The lowest BCUT2D eigenvalue weighted by Gasteiger charge is -2.34. The Morgan fingerprint density at radius 2 is 1.85 bits per heavy atom. The van der Waals surface area contributed by atoms with Crippen molar-refractivity contribution >= 4 is 18.1 Å². The Labute approximate surface area is 200 Å². The zero-order valence-corrected chi connectivity index (χ0v) is 19.8. The number of aromatic nitrogens is 1. The fourth-order valence-corrected chi connectivity index (χ4v) is 6.46. The highest BCUT2D eigenvalue weighted by atomic mass is 16.5. The first-order valence-electron chi connectivity index (χ1n) is 12.5. The van der Waals surface area contributed by atoms with Crippen LogP contribution in [0.15, 0.2) is 47.3 Å². The van der Waals surface area contributed by atoms with E-state index < -0.39 is 6.04 Å². The van der Waals surface area contributed by atoms with E-state index in [0.717, 1.165) is 17.8 Å². The summed E-state index contributed by atoms with van der Waals surface area (Å²) in [6.07, 6.45) is 9.90. The maximum atomic E-state index is 13.4. The van der Waals surface area contributed by atoms with Crippen molar-refractivity contribution in [2.75, 3.05) is 20.3 Å². The molecule has 6 nitrogen and oxygen atoms in total. The number of likely N-dealkylation sites (tertiary alicyclic amines) is 1. The average Bonchev–Trinajstić information content (AvgIpc) is 3.40. The summed E-state index contributed by atoms with van der Waals surface area (Å²) in [5.41, 5.74) is 2.64. The Balaban J connectivity index is 1.49. The van der Waals surface area contributed by atoms with Crippen molar-refractivity contribution in [2.45, 2.75) is 50.7 Å². The molecule has 6 heteroatoms. The molecule has 1 N–H and O–H groups in total. The molecule has 1 aromatic heterocycles. The Bertz CT molecular complexity index is 1100. The number of fused-ring (bicyclic) bond motifs is 3. The topological polar surface area (TPSA) is 71.8 Å². The molecule has 1 saturated heterocycles. The molecule has 2 aromatic rings. The first-order chi connectivity index (χ1) is 16.6. The highest BCUT2D eigenvalue weighted by molar-refractivity contribution is 5.77. The molecular weight excluding hydrogens is 428 g/mol. The molecule has 5 rings (SSSR count). The smallest absolute Gasteiger partial charge is 0.323 e. The molecule has 0 unspecified atom stereocenters. The van der Waals surface area contributed by atoms with Gasteiger partial charge < -0.3 is 14.4 Å². The predicted octanol–water partition coefficient (Wildman–Crippen LogP) is 3.74. The normalized spacial score (nSPS) is 27.1. The van der Waals surface area contributed by atoms with E-state index in [-0.39, 0.29) is 36.0 Å². The van der Waals surface area contributed by atoms with Gasteiger partial charge in [-0.05, 0) is 42.5 Å². The van der Waals surface area contributed by atoms with Crippen molar-refractivity contribution in [3.8, 4) is 0 Å². The van der Waals surface area contributed by atoms with E-state index in [4.69, 9.17) is 4.74 Å². The Hall–Kier alpha value is -2.70. The molecule has 34 heavy (non-hydrogen) atoms. The Morgan fingerprint density at radius 3 is 2.56 bits per heavy atom. The van der Waals surface area contributed by atoms with Crippen LogP contribution in [0.1, 0.15) is 55.0 Å². The van der Waals surface area contributed by atoms with Gasteiger partial charge in [-0.1, -0.05) is 55.7 Å². The van der Waals surface area contributed by atoms with Crippen LogP contribution in [0.25, 0.3) is 12.2 Å². The summed E-state index contributed by atoms with van der Waals surface area (Å²) in [4.78, 5) is 28.5. The molecule has 2 aliphatic heterocycles. The largest absolute Gasteiger partial charge is 0.468 e. The van der Waals surface area contributed by atoms with Gasteiger partial charge in [-0.15, -0.1) is 0 Å². The van der Waals surface area contributed by atoms with Crippen LogP contribution in [-0.4, -0.2) is 46.8 Å². The van der Waals surface area contributed by atoms with Crippen LogP contribution in [0.5, 0.6) is 0 Å². The Kier molecular flexibility index (Phi) is 6.70. The molecule has 0 spiro atoms. The number of hydrogen-bond donors (Lipinski definition) is 1. The molecule has 3 aliphatic rings. The molecule has 0 bridgehead atoms. The number of aliphatic hydroxyl groups is 1. The highest BCUT2D eigenvalue weighted by Crippen LogP contribution is 2.50. The van der Waals surface area contributed by atoms with E-state index in [1.54, 1.807) is 0 Å². The summed E-state index contributed by atoms with van der Waals surface area (Å²) >= 11 is 0. The monoisotopic (exact) mass is 462 g/mol. The van der Waals surface area contributed by atoms with Gasteiger partial charge in [-0.25, -0.2) is 0 Å². The zero-order chi connectivity index (χ0) is 23.7. The number of carbonyl (C=O) groups excluding carboxylic acids is 1. The summed E-state index contributed by atoms with van der Waals surface area (Å²) < 4.78 is 7.05. The second-order valence-corrected chi connectivity index (χ2v) is 10.00. The van der Waals surface area contributed by atoms with Crippen molar-refractivity contribution in [1.82, 2.24) is 9.47 Å². The van der Waals surface area contributed by atoms with Gasteiger partial charge in [0, 0.05) is 42.8 Å². The standard InChI is InChI=1S/C28H34N2O4/c1-34-28(33)26-23(18-31)22-17-29-24(25(22)30(26)16-20-10-6-3-7-11-20)15-14-21(27(29)32)13-12-19-8-4-2-5-9-19/h2,4-5,8-9,12-15,20,22-23,25-26,31H,3,6-7,10-11,16-18H2,1H3/b13-12+/t22-,23-,25+,26-/m1/s1. The minimum Gasteiger partial charge on any atom is -0.468 e. The third-order valence-electron chi connectivity index (χ3n) is 8.11. The quantitative estimate of drug-likeness (QED) is 0.663. The number of benzene rings is 1. The third kappa shape index (κ3) is 4.14. The maximum absolute atomic E-state index is 13.4. The first kappa shape index (κ1) is 23.1. The molecule has 0 amide bonds. The van der Waals surface area contributed by atoms with Crippen molar-refractivity contribution in [3.63, 3.8) is 0 Å². The van der Waals surface area contributed by atoms with Crippen LogP contribution in [0, 0.1) is 17.8 Å². The highest BCUT2D eigenvalue weighted by Gasteiger charge is 2.56. The minimum absolute atomic E-state index is 0.0111. The number of carbonyl (C=O) groups is 1. The zero-order valence-electron chi connectivity index (χ0n) is 19.8. The van der Waals surface area contributed by atoms with Gasteiger partial charge in [-0.2, -0.15) is 0 Å².